The molecule has 1 N–H and O–H groups in total. The van der Waals surface area contributed by atoms with Crippen LogP contribution >= 0.6 is 11.6 Å². The first-order valence-electron chi connectivity index (χ1n) is 17.0. The summed E-state index contributed by atoms with van der Waals surface area (Å²) in [4.78, 5) is 71.9. The quantitative estimate of drug-likeness (QED) is 0.0991. The fourth-order valence-corrected chi connectivity index (χ4v) is 9.38. The molecule has 53 heavy (non-hydrogen) atoms. The van der Waals surface area contributed by atoms with Crippen LogP contribution in [0.1, 0.15) is 29.9 Å². The molecule has 4 aliphatic rings. The Kier molecular flexibility index (Phi) is 8.10. The number of benzene rings is 4. The Labute approximate surface area is 308 Å². The number of amides is 4. The van der Waals surface area contributed by atoms with Crippen molar-refractivity contribution in [2.24, 2.45) is 23.7 Å². The summed E-state index contributed by atoms with van der Waals surface area (Å²) >= 11 is 6.39. The topological polar surface area (TPSA) is 157 Å². The van der Waals surface area contributed by atoms with Crippen molar-refractivity contribution in [3.63, 3.8) is 0 Å². The second-order valence-corrected chi connectivity index (χ2v) is 14.1. The lowest BCUT2D eigenvalue weighted by Gasteiger charge is -2.51. The Balaban J connectivity index is 1.36. The van der Waals surface area contributed by atoms with Gasteiger partial charge in [0.15, 0.2) is 0 Å². The lowest BCUT2D eigenvalue weighted by atomic mass is 9.49. The third kappa shape index (κ3) is 4.88. The second kappa shape index (κ2) is 12.6. The number of carbonyl (C=O) groups is 4. The number of hydrogen-bond acceptors (Lipinski definition) is 9. The number of phenols is 1. The van der Waals surface area contributed by atoms with Crippen LogP contribution in [-0.2, 0) is 24.6 Å². The lowest BCUT2D eigenvalue weighted by Crippen LogP contribution is -2.53. The number of anilines is 2. The number of nitrogens with zero attached hydrogens (tertiary/aromatic N) is 3. The van der Waals surface area contributed by atoms with Crippen molar-refractivity contribution in [3.05, 3.63) is 129 Å². The highest BCUT2D eigenvalue weighted by atomic mass is 35.5. The smallest absolute Gasteiger partial charge is 0.269 e. The Morgan fingerprint density at radius 1 is 0.830 bits per heavy atom. The molecule has 4 aromatic rings. The number of methoxy groups -OCH3 is 2. The number of aromatic hydroxyl groups is 1. The molecule has 0 aromatic heterocycles. The molecule has 4 aromatic carbocycles. The van der Waals surface area contributed by atoms with Crippen LogP contribution in [0.5, 0.6) is 17.2 Å². The van der Waals surface area contributed by atoms with E-state index >= 15 is 4.79 Å². The molecule has 4 amide bonds. The minimum absolute atomic E-state index is 0.0341. The van der Waals surface area contributed by atoms with Crippen LogP contribution in [0.3, 0.4) is 0 Å². The summed E-state index contributed by atoms with van der Waals surface area (Å²) < 4.78 is 11.3. The van der Waals surface area contributed by atoms with Gasteiger partial charge in [-0.25, -0.2) is 4.90 Å². The van der Waals surface area contributed by atoms with Crippen molar-refractivity contribution < 1.29 is 38.7 Å². The number of fused-ring (bicyclic) bond motifs is 4. The summed E-state index contributed by atoms with van der Waals surface area (Å²) in [5.41, 5.74) is 0.00950. The molecule has 0 unspecified atom stereocenters. The fourth-order valence-electron chi connectivity index (χ4n) is 9.20. The van der Waals surface area contributed by atoms with Crippen molar-refractivity contribution in [3.8, 4) is 17.2 Å². The van der Waals surface area contributed by atoms with Gasteiger partial charge in [0.1, 0.15) is 17.2 Å². The maximum absolute atomic E-state index is 15.4. The molecule has 2 heterocycles. The molecular weight excluding hydrogens is 702 g/mol. The van der Waals surface area contributed by atoms with Gasteiger partial charge in [-0.1, -0.05) is 59.6 Å². The zero-order valence-corrected chi connectivity index (χ0v) is 29.2. The average molecular weight is 734 g/mol. The summed E-state index contributed by atoms with van der Waals surface area (Å²) in [6.45, 7) is 0. The Bertz CT molecular complexity index is 2260. The molecule has 2 saturated heterocycles. The number of halogens is 1. The van der Waals surface area contributed by atoms with E-state index in [1.165, 1.54) is 50.6 Å². The van der Waals surface area contributed by atoms with E-state index in [4.69, 9.17) is 21.1 Å². The SMILES string of the molecule is COc1cc(O)c([C@H]2C3=CC[C@@H]4C(=O)N(c5ccc([N+](=O)[O-])cc5)C(=O)[C@@H]4[C@@H]3C[C@H]3C(=O)N(c4cccc(Cl)c4)C(=O)[C@@]23c2ccccc2)c(OC)c1. The molecule has 6 atom stereocenters. The van der Waals surface area contributed by atoms with Gasteiger partial charge >= 0.3 is 0 Å². The highest BCUT2D eigenvalue weighted by Crippen LogP contribution is 2.66. The molecule has 13 heteroatoms. The number of hydrogen-bond donors (Lipinski definition) is 1. The number of phenolic OH excluding ortho intramolecular Hbond substituents is 1. The summed E-state index contributed by atoms with van der Waals surface area (Å²) in [5, 5.41) is 23.5. The van der Waals surface area contributed by atoms with Gasteiger partial charge < -0.3 is 14.6 Å². The van der Waals surface area contributed by atoms with Gasteiger partial charge in [0.2, 0.25) is 23.6 Å². The molecule has 268 valence electrons. The van der Waals surface area contributed by atoms with Crippen LogP contribution in [0.25, 0.3) is 0 Å². The van der Waals surface area contributed by atoms with E-state index in [-0.39, 0.29) is 47.0 Å². The van der Waals surface area contributed by atoms with E-state index < -0.39 is 63.6 Å². The van der Waals surface area contributed by atoms with Crippen LogP contribution in [0.15, 0.2) is 103 Å². The molecule has 1 saturated carbocycles. The van der Waals surface area contributed by atoms with E-state index in [2.05, 4.69) is 0 Å². The molecule has 2 aliphatic carbocycles. The van der Waals surface area contributed by atoms with Crippen molar-refractivity contribution in [1.82, 2.24) is 0 Å². The van der Waals surface area contributed by atoms with Crippen molar-refractivity contribution in [1.29, 1.82) is 0 Å². The normalized spacial score (nSPS) is 26.2. The van der Waals surface area contributed by atoms with Gasteiger partial charge in [-0.15, -0.1) is 0 Å². The standard InChI is InChI=1S/C40H32ClN3O9/c1-52-26-18-31(45)34(32(19-26)53-2)35-27-15-16-28-33(38(48)42(36(28)46)23-11-13-24(14-12-23)44(50)51)29(27)20-30-37(47)43(25-10-6-9-22(41)17-25)39(49)40(30,35)21-7-4-3-5-8-21/h3-15,17-19,28-30,33,35,45H,16,20H2,1-2H3/t28-,29+,30-,33-,35+,40+/m0/s1. The number of rotatable bonds is 7. The zero-order valence-electron chi connectivity index (χ0n) is 28.5. The minimum Gasteiger partial charge on any atom is -0.507 e. The molecule has 0 bridgehead atoms. The van der Waals surface area contributed by atoms with Crippen molar-refractivity contribution in [2.45, 2.75) is 24.2 Å². The van der Waals surface area contributed by atoms with Gasteiger partial charge in [0.05, 0.1) is 53.7 Å². The van der Waals surface area contributed by atoms with Crippen molar-refractivity contribution in [2.75, 3.05) is 24.0 Å². The summed E-state index contributed by atoms with van der Waals surface area (Å²) in [5.74, 6) is -6.32. The van der Waals surface area contributed by atoms with Gasteiger partial charge in [0, 0.05) is 40.8 Å². The molecular formula is C40H32ClN3O9. The average Bonchev–Trinajstić information content (AvgIpc) is 3.55. The number of imide groups is 2. The largest absolute Gasteiger partial charge is 0.507 e. The maximum Gasteiger partial charge on any atom is 0.269 e. The van der Waals surface area contributed by atoms with Crippen LogP contribution < -0.4 is 19.3 Å². The molecule has 12 nitrogen and oxygen atoms in total. The van der Waals surface area contributed by atoms with Gasteiger partial charge in [-0.2, -0.15) is 0 Å². The third-order valence-corrected chi connectivity index (χ3v) is 11.6. The van der Waals surface area contributed by atoms with Crippen molar-refractivity contribution >= 4 is 52.3 Å². The fraction of sp³-hybridized carbons (Fsp3) is 0.250. The number of nitro groups is 1. The number of carbonyl (C=O) groups excluding carboxylic acids is 4. The molecule has 0 radical (unpaired) electrons. The predicted octanol–water partition coefficient (Wildman–Crippen LogP) is 6.34. The van der Waals surface area contributed by atoms with E-state index in [9.17, 15) is 29.6 Å². The Morgan fingerprint density at radius 3 is 2.23 bits per heavy atom. The zero-order chi connectivity index (χ0) is 37.3. The summed E-state index contributed by atoms with van der Waals surface area (Å²) in [7, 11) is 2.87. The van der Waals surface area contributed by atoms with Gasteiger partial charge in [-0.05, 0) is 54.7 Å². The highest BCUT2D eigenvalue weighted by molar-refractivity contribution is 6.32. The number of non-ortho nitro benzene ring substituents is 1. The summed E-state index contributed by atoms with van der Waals surface area (Å²) in [6.07, 6.45) is 2.03. The van der Waals surface area contributed by atoms with Gasteiger partial charge in [-0.3, -0.25) is 34.2 Å². The first kappa shape index (κ1) is 34.1. The first-order chi connectivity index (χ1) is 25.5. The van der Waals surface area contributed by atoms with E-state index in [1.807, 2.05) is 6.08 Å². The van der Waals surface area contributed by atoms with E-state index in [0.717, 1.165) is 9.80 Å². The monoisotopic (exact) mass is 733 g/mol. The Hall–Kier alpha value is -6.01. The molecule has 3 fully saturated rings. The first-order valence-corrected chi connectivity index (χ1v) is 17.4. The van der Waals surface area contributed by atoms with Gasteiger partial charge in [0.25, 0.3) is 5.69 Å². The lowest BCUT2D eigenvalue weighted by molar-refractivity contribution is -0.384. The molecule has 2 aliphatic heterocycles. The minimum atomic E-state index is -1.64. The van der Waals surface area contributed by atoms with E-state index in [1.54, 1.807) is 54.6 Å². The summed E-state index contributed by atoms with van der Waals surface area (Å²) in [6, 6.07) is 23.6. The highest BCUT2D eigenvalue weighted by Gasteiger charge is 2.71. The number of nitro benzene ring substituents is 1. The van der Waals surface area contributed by atoms with E-state index in [0.29, 0.717) is 21.9 Å². The third-order valence-electron chi connectivity index (χ3n) is 11.3. The number of allylic oxidation sites excluding steroid dienone is 2. The van der Waals surface area contributed by atoms with Crippen LogP contribution in [-0.4, -0.2) is 47.9 Å². The predicted molar refractivity (Wildman–Crippen MR) is 193 cm³/mol. The number of ether oxygens (including phenoxy) is 2. The second-order valence-electron chi connectivity index (χ2n) is 13.6. The van der Waals surface area contributed by atoms with Crippen LogP contribution in [0.4, 0.5) is 17.1 Å². The maximum atomic E-state index is 15.4. The molecule has 0 spiro atoms. The van der Waals surface area contributed by atoms with Crippen LogP contribution in [0.2, 0.25) is 5.02 Å². The van der Waals surface area contributed by atoms with Crippen LogP contribution in [0, 0.1) is 33.8 Å². The Morgan fingerprint density at radius 2 is 1.57 bits per heavy atom. The molecule has 8 rings (SSSR count).